The predicted octanol–water partition coefficient (Wildman–Crippen LogP) is 2.53. The van der Waals surface area contributed by atoms with Crippen molar-refractivity contribution in [2.45, 2.75) is 19.0 Å². The lowest BCUT2D eigenvalue weighted by Gasteiger charge is -2.34. The number of carboxylic acids is 1. The van der Waals surface area contributed by atoms with Crippen molar-refractivity contribution >= 4 is 11.9 Å². The number of hydrogen-bond donors (Lipinski definition) is 1. The molecule has 4 rings (SSSR count). The molecule has 2 heterocycles. The number of carbonyl (C=O) groups excluding carboxylic acids is 1. The smallest absolute Gasteiger partial charge is 0.326 e. The molecule has 0 bridgehead atoms. The number of carboxylic acid groups (broad SMARTS) is 1. The standard InChI is InChI=1S/C21H19N3O4/c1-28-17-8-6-16(7-9-17)24-11-10-18(22-24)20(25)23-13-15-5-3-2-4-14(15)12-19(23)21(26)27/h2-11,19H,12-13H2,1H3,(H,26,27). The highest BCUT2D eigenvalue weighted by Gasteiger charge is 2.35. The minimum Gasteiger partial charge on any atom is -0.497 e. The number of fused-ring (bicyclic) bond motifs is 1. The molecule has 28 heavy (non-hydrogen) atoms. The van der Waals surface area contributed by atoms with Crippen LogP contribution in [0.5, 0.6) is 5.75 Å². The first-order valence-electron chi connectivity index (χ1n) is 8.87. The predicted molar refractivity (Wildman–Crippen MR) is 102 cm³/mol. The van der Waals surface area contributed by atoms with Gasteiger partial charge in [0.1, 0.15) is 11.8 Å². The van der Waals surface area contributed by atoms with Gasteiger partial charge in [0.25, 0.3) is 5.91 Å². The largest absolute Gasteiger partial charge is 0.497 e. The van der Waals surface area contributed by atoms with Crippen molar-refractivity contribution in [3.05, 3.63) is 77.6 Å². The third-order valence-electron chi connectivity index (χ3n) is 4.94. The molecule has 1 aromatic heterocycles. The molecule has 0 saturated heterocycles. The van der Waals surface area contributed by atoms with E-state index in [0.29, 0.717) is 0 Å². The molecule has 0 spiro atoms. The van der Waals surface area contributed by atoms with E-state index in [4.69, 9.17) is 4.74 Å². The van der Waals surface area contributed by atoms with Gasteiger partial charge >= 0.3 is 5.97 Å². The molecule has 1 N–H and O–H groups in total. The third kappa shape index (κ3) is 3.22. The molecule has 0 saturated carbocycles. The van der Waals surface area contributed by atoms with E-state index in [1.54, 1.807) is 36.2 Å². The number of aliphatic carboxylic acids is 1. The van der Waals surface area contributed by atoms with E-state index >= 15 is 0 Å². The maximum atomic E-state index is 13.0. The van der Waals surface area contributed by atoms with Crippen LogP contribution in [0.4, 0.5) is 0 Å². The molecule has 7 nitrogen and oxygen atoms in total. The number of ether oxygens (including phenoxy) is 1. The lowest BCUT2D eigenvalue weighted by atomic mass is 9.93. The number of hydrogen-bond acceptors (Lipinski definition) is 4. The summed E-state index contributed by atoms with van der Waals surface area (Å²) in [7, 11) is 1.59. The molecule has 1 aliphatic rings. The summed E-state index contributed by atoms with van der Waals surface area (Å²) in [5.41, 5.74) is 2.91. The second-order valence-corrected chi connectivity index (χ2v) is 6.60. The van der Waals surface area contributed by atoms with E-state index < -0.39 is 17.9 Å². The van der Waals surface area contributed by atoms with E-state index in [0.717, 1.165) is 22.6 Å². The van der Waals surface area contributed by atoms with Gasteiger partial charge in [-0.2, -0.15) is 5.10 Å². The molecule has 2 aromatic carbocycles. The van der Waals surface area contributed by atoms with Crippen LogP contribution in [0.2, 0.25) is 0 Å². The van der Waals surface area contributed by atoms with Crippen LogP contribution in [0, 0.1) is 0 Å². The van der Waals surface area contributed by atoms with Crippen molar-refractivity contribution in [1.82, 2.24) is 14.7 Å². The molecule has 0 aliphatic carbocycles. The van der Waals surface area contributed by atoms with Crippen LogP contribution in [-0.4, -0.2) is 44.8 Å². The maximum absolute atomic E-state index is 13.0. The Morgan fingerprint density at radius 3 is 2.46 bits per heavy atom. The Kier molecular flexibility index (Phi) is 4.57. The SMILES string of the molecule is COc1ccc(-n2ccc(C(=O)N3Cc4ccccc4CC3C(=O)O)n2)cc1. The average Bonchev–Trinajstić information content (AvgIpc) is 3.22. The van der Waals surface area contributed by atoms with Crippen LogP contribution >= 0.6 is 0 Å². The average molecular weight is 377 g/mol. The summed E-state index contributed by atoms with van der Waals surface area (Å²) in [5.74, 6) is -0.685. The fourth-order valence-corrected chi connectivity index (χ4v) is 3.42. The number of nitrogens with zero attached hydrogens (tertiary/aromatic N) is 3. The Balaban J connectivity index is 1.61. The zero-order valence-corrected chi connectivity index (χ0v) is 15.3. The van der Waals surface area contributed by atoms with Gasteiger partial charge in [0.15, 0.2) is 5.69 Å². The van der Waals surface area contributed by atoms with Crippen molar-refractivity contribution in [2.24, 2.45) is 0 Å². The Bertz CT molecular complexity index is 1030. The van der Waals surface area contributed by atoms with Crippen LogP contribution in [0.3, 0.4) is 0 Å². The van der Waals surface area contributed by atoms with Crippen LogP contribution in [-0.2, 0) is 17.8 Å². The highest BCUT2D eigenvalue weighted by Crippen LogP contribution is 2.25. The quantitative estimate of drug-likeness (QED) is 0.755. The van der Waals surface area contributed by atoms with Gasteiger partial charge < -0.3 is 14.7 Å². The first-order chi connectivity index (χ1) is 13.6. The molecule has 1 amide bonds. The molecule has 142 valence electrons. The summed E-state index contributed by atoms with van der Waals surface area (Å²) >= 11 is 0. The number of benzene rings is 2. The lowest BCUT2D eigenvalue weighted by Crippen LogP contribution is -2.48. The molecule has 1 atom stereocenters. The fourth-order valence-electron chi connectivity index (χ4n) is 3.42. The topological polar surface area (TPSA) is 84.7 Å². The van der Waals surface area contributed by atoms with Crippen LogP contribution in [0.1, 0.15) is 21.6 Å². The summed E-state index contributed by atoms with van der Waals surface area (Å²) in [4.78, 5) is 26.2. The van der Waals surface area contributed by atoms with Crippen LogP contribution < -0.4 is 4.74 Å². The monoisotopic (exact) mass is 377 g/mol. The molecular formula is C21H19N3O4. The minimum atomic E-state index is -1.02. The van der Waals surface area contributed by atoms with Gasteiger partial charge in [0.2, 0.25) is 0 Å². The Morgan fingerprint density at radius 1 is 1.07 bits per heavy atom. The van der Waals surface area contributed by atoms with Crippen molar-refractivity contribution < 1.29 is 19.4 Å². The Morgan fingerprint density at radius 2 is 1.79 bits per heavy atom. The normalized spacial score (nSPS) is 15.8. The second-order valence-electron chi connectivity index (χ2n) is 6.60. The molecule has 0 radical (unpaired) electrons. The molecule has 1 unspecified atom stereocenters. The number of carbonyl (C=O) groups is 2. The van der Waals surface area contributed by atoms with Crippen molar-refractivity contribution in [1.29, 1.82) is 0 Å². The first kappa shape index (κ1) is 17.8. The highest BCUT2D eigenvalue weighted by atomic mass is 16.5. The van der Waals surface area contributed by atoms with E-state index in [1.165, 1.54) is 4.90 Å². The van der Waals surface area contributed by atoms with Crippen LogP contribution in [0.25, 0.3) is 5.69 Å². The van der Waals surface area contributed by atoms with E-state index in [-0.39, 0.29) is 18.7 Å². The summed E-state index contributed by atoms with van der Waals surface area (Å²) in [5, 5.41) is 14.0. The third-order valence-corrected chi connectivity index (χ3v) is 4.94. The molecule has 0 fully saturated rings. The van der Waals surface area contributed by atoms with Gasteiger partial charge in [-0.05, 0) is 41.5 Å². The van der Waals surface area contributed by atoms with Gasteiger partial charge in [-0.1, -0.05) is 24.3 Å². The van der Waals surface area contributed by atoms with E-state index in [9.17, 15) is 14.7 Å². The zero-order chi connectivity index (χ0) is 19.7. The number of aromatic nitrogens is 2. The lowest BCUT2D eigenvalue weighted by molar-refractivity contribution is -0.142. The van der Waals surface area contributed by atoms with E-state index in [2.05, 4.69) is 5.10 Å². The van der Waals surface area contributed by atoms with Crippen molar-refractivity contribution in [3.8, 4) is 11.4 Å². The Labute approximate surface area is 161 Å². The van der Waals surface area contributed by atoms with Gasteiger partial charge in [0.05, 0.1) is 12.8 Å². The summed E-state index contributed by atoms with van der Waals surface area (Å²) in [6.45, 7) is 0.251. The number of methoxy groups -OCH3 is 1. The Hall–Kier alpha value is -3.61. The number of amides is 1. The molecular weight excluding hydrogens is 358 g/mol. The zero-order valence-electron chi connectivity index (χ0n) is 15.3. The molecule has 7 heteroatoms. The fraction of sp³-hybridized carbons (Fsp3) is 0.190. The molecule has 1 aliphatic heterocycles. The van der Waals surface area contributed by atoms with Gasteiger partial charge in [-0.3, -0.25) is 4.79 Å². The second kappa shape index (κ2) is 7.19. The van der Waals surface area contributed by atoms with Crippen molar-refractivity contribution in [3.63, 3.8) is 0 Å². The highest BCUT2D eigenvalue weighted by molar-refractivity contribution is 5.95. The summed E-state index contributed by atoms with van der Waals surface area (Å²) in [6.07, 6.45) is 1.97. The molecule has 3 aromatic rings. The first-order valence-corrected chi connectivity index (χ1v) is 8.87. The van der Waals surface area contributed by atoms with Crippen LogP contribution in [0.15, 0.2) is 60.8 Å². The van der Waals surface area contributed by atoms with Gasteiger partial charge in [-0.15, -0.1) is 0 Å². The summed E-state index contributed by atoms with van der Waals surface area (Å²) < 4.78 is 6.73. The number of rotatable bonds is 4. The summed E-state index contributed by atoms with van der Waals surface area (Å²) in [6, 6.07) is 15.6. The van der Waals surface area contributed by atoms with E-state index in [1.807, 2.05) is 36.4 Å². The maximum Gasteiger partial charge on any atom is 0.326 e. The van der Waals surface area contributed by atoms with Crippen molar-refractivity contribution in [2.75, 3.05) is 7.11 Å². The minimum absolute atomic E-state index is 0.210. The van der Waals surface area contributed by atoms with Gasteiger partial charge in [0, 0.05) is 19.2 Å². The van der Waals surface area contributed by atoms with Gasteiger partial charge in [-0.25, -0.2) is 9.48 Å².